The first-order valence-corrected chi connectivity index (χ1v) is 6.16. The molecule has 0 spiro atoms. The minimum absolute atomic E-state index is 0.0417. The molecule has 0 bridgehead atoms. The summed E-state index contributed by atoms with van der Waals surface area (Å²) in [6.07, 6.45) is 3.18. The summed E-state index contributed by atoms with van der Waals surface area (Å²) < 4.78 is 1.67. The summed E-state index contributed by atoms with van der Waals surface area (Å²) in [5.41, 5.74) is 0.936. The highest BCUT2D eigenvalue weighted by Crippen LogP contribution is 2.31. The quantitative estimate of drug-likeness (QED) is 0.666. The Hall–Kier alpha value is -3.09. The molecule has 3 aromatic rings. The van der Waals surface area contributed by atoms with Crippen molar-refractivity contribution in [3.8, 4) is 5.75 Å². The highest BCUT2D eigenvalue weighted by atomic mass is 16.4. The number of nitrogens with one attached hydrogen (secondary N) is 1. The molecule has 2 heterocycles. The Morgan fingerprint density at radius 1 is 1.29 bits per heavy atom. The highest BCUT2D eigenvalue weighted by Gasteiger charge is 2.21. The Balaban J connectivity index is 2.24. The molecule has 0 aliphatic rings. The van der Waals surface area contributed by atoms with Gasteiger partial charge in [0, 0.05) is 17.8 Å². The molecule has 3 rings (SSSR count). The molecular formula is C14H11N3O4. The maximum atomic E-state index is 12.1. The van der Waals surface area contributed by atoms with Gasteiger partial charge in [0.15, 0.2) is 5.65 Å². The molecule has 7 nitrogen and oxygen atoms in total. The van der Waals surface area contributed by atoms with E-state index in [9.17, 15) is 14.7 Å². The van der Waals surface area contributed by atoms with Crippen LogP contribution in [0.1, 0.15) is 10.4 Å². The third kappa shape index (κ3) is 2.04. The van der Waals surface area contributed by atoms with Crippen LogP contribution in [0.5, 0.6) is 5.75 Å². The Morgan fingerprint density at radius 2 is 2.05 bits per heavy atom. The topological polar surface area (TPSA) is 104 Å². The first-order chi connectivity index (χ1) is 10.1. The SMILES string of the molecule is O=C(O)CNC(=O)c1c(O)c2ccccc2n2ccnc12. The van der Waals surface area contributed by atoms with Crippen molar-refractivity contribution in [2.75, 3.05) is 6.54 Å². The molecule has 0 saturated heterocycles. The molecule has 0 radical (unpaired) electrons. The van der Waals surface area contributed by atoms with E-state index in [1.165, 1.54) is 6.20 Å². The largest absolute Gasteiger partial charge is 0.506 e. The average Bonchev–Trinajstić information content (AvgIpc) is 2.94. The summed E-state index contributed by atoms with van der Waals surface area (Å²) in [7, 11) is 0. The Labute approximate surface area is 118 Å². The van der Waals surface area contributed by atoms with Crippen molar-refractivity contribution in [2.45, 2.75) is 0 Å². The van der Waals surface area contributed by atoms with Crippen molar-refractivity contribution in [3.63, 3.8) is 0 Å². The molecule has 0 saturated carbocycles. The molecule has 0 unspecified atom stereocenters. The molecular weight excluding hydrogens is 274 g/mol. The second-order valence-electron chi connectivity index (χ2n) is 4.44. The van der Waals surface area contributed by atoms with Crippen LogP contribution in [-0.4, -0.2) is 38.0 Å². The van der Waals surface area contributed by atoms with Gasteiger partial charge in [-0.05, 0) is 12.1 Å². The van der Waals surface area contributed by atoms with Gasteiger partial charge in [0.05, 0.1) is 5.52 Å². The van der Waals surface area contributed by atoms with Crippen LogP contribution >= 0.6 is 0 Å². The fourth-order valence-corrected chi connectivity index (χ4v) is 2.26. The number of carboxylic acids is 1. The Kier molecular flexibility index (Phi) is 2.94. The number of pyridine rings is 1. The molecule has 3 N–H and O–H groups in total. The summed E-state index contributed by atoms with van der Waals surface area (Å²) in [4.78, 5) is 26.8. The Bertz CT molecular complexity index is 869. The van der Waals surface area contributed by atoms with Crippen LogP contribution in [0.4, 0.5) is 0 Å². The van der Waals surface area contributed by atoms with E-state index < -0.39 is 18.4 Å². The predicted molar refractivity (Wildman–Crippen MR) is 74.3 cm³/mol. The maximum absolute atomic E-state index is 12.1. The van der Waals surface area contributed by atoms with Gasteiger partial charge in [0.2, 0.25) is 0 Å². The van der Waals surface area contributed by atoms with Crippen molar-refractivity contribution in [1.29, 1.82) is 0 Å². The van der Waals surface area contributed by atoms with Crippen LogP contribution in [-0.2, 0) is 4.79 Å². The fraction of sp³-hybridized carbons (Fsp3) is 0.0714. The van der Waals surface area contributed by atoms with Gasteiger partial charge in [-0.25, -0.2) is 4.98 Å². The molecule has 1 amide bonds. The number of imidazole rings is 1. The van der Waals surface area contributed by atoms with E-state index in [1.807, 2.05) is 6.07 Å². The van der Waals surface area contributed by atoms with Gasteiger partial charge in [-0.15, -0.1) is 0 Å². The van der Waals surface area contributed by atoms with Crippen LogP contribution < -0.4 is 5.32 Å². The molecule has 106 valence electrons. The highest BCUT2D eigenvalue weighted by molar-refractivity contribution is 6.08. The molecule has 0 atom stereocenters. The molecule has 0 aliphatic carbocycles. The number of amides is 1. The van der Waals surface area contributed by atoms with E-state index >= 15 is 0 Å². The number of aliphatic carboxylic acids is 1. The van der Waals surface area contributed by atoms with Crippen LogP contribution in [0.3, 0.4) is 0 Å². The van der Waals surface area contributed by atoms with Gasteiger partial charge in [-0.2, -0.15) is 0 Å². The number of carbonyl (C=O) groups is 2. The number of carbonyl (C=O) groups excluding carboxylic acids is 1. The fourth-order valence-electron chi connectivity index (χ4n) is 2.26. The van der Waals surface area contributed by atoms with Crippen molar-refractivity contribution in [2.24, 2.45) is 0 Å². The number of aromatic hydroxyl groups is 1. The summed E-state index contributed by atoms with van der Waals surface area (Å²) in [5, 5.41) is 21.7. The summed E-state index contributed by atoms with van der Waals surface area (Å²) >= 11 is 0. The van der Waals surface area contributed by atoms with Gasteiger partial charge in [-0.1, -0.05) is 12.1 Å². The van der Waals surface area contributed by atoms with E-state index in [1.54, 1.807) is 28.8 Å². The lowest BCUT2D eigenvalue weighted by atomic mass is 10.1. The second-order valence-corrected chi connectivity index (χ2v) is 4.44. The van der Waals surface area contributed by atoms with Gasteiger partial charge in [-0.3, -0.25) is 14.0 Å². The lowest BCUT2D eigenvalue weighted by molar-refractivity contribution is -0.135. The second kappa shape index (κ2) is 4.78. The summed E-state index contributed by atoms with van der Waals surface area (Å²) in [6.45, 7) is -0.530. The normalized spacial score (nSPS) is 10.9. The Morgan fingerprint density at radius 3 is 2.81 bits per heavy atom. The van der Waals surface area contributed by atoms with E-state index in [0.717, 1.165) is 0 Å². The third-order valence-electron chi connectivity index (χ3n) is 3.15. The average molecular weight is 285 g/mol. The van der Waals surface area contributed by atoms with Gasteiger partial charge < -0.3 is 15.5 Å². The summed E-state index contributed by atoms with van der Waals surface area (Å²) in [5.74, 6) is -2.06. The molecule has 21 heavy (non-hydrogen) atoms. The standard InChI is InChI=1S/C14H11N3O4/c18-10(19)7-16-14(21)11-12(20)8-3-1-2-4-9(8)17-6-5-15-13(11)17/h1-6,20H,7H2,(H,16,21)(H,18,19). The molecule has 2 aromatic heterocycles. The van der Waals surface area contributed by atoms with E-state index in [-0.39, 0.29) is 17.0 Å². The number of nitrogens with zero attached hydrogens (tertiary/aromatic N) is 2. The number of carboxylic acid groups (broad SMARTS) is 1. The number of fused-ring (bicyclic) bond motifs is 3. The van der Waals surface area contributed by atoms with Crippen LogP contribution in [0.15, 0.2) is 36.7 Å². The van der Waals surface area contributed by atoms with Crippen LogP contribution in [0.25, 0.3) is 16.6 Å². The molecule has 0 fully saturated rings. The number of rotatable bonds is 3. The molecule has 0 aliphatic heterocycles. The van der Waals surface area contributed by atoms with E-state index in [4.69, 9.17) is 5.11 Å². The van der Waals surface area contributed by atoms with Gasteiger partial charge in [0.1, 0.15) is 17.9 Å². The first-order valence-electron chi connectivity index (χ1n) is 6.16. The van der Waals surface area contributed by atoms with Crippen molar-refractivity contribution < 1.29 is 19.8 Å². The zero-order valence-corrected chi connectivity index (χ0v) is 10.8. The zero-order chi connectivity index (χ0) is 15.0. The molecule has 1 aromatic carbocycles. The third-order valence-corrected chi connectivity index (χ3v) is 3.15. The predicted octanol–water partition coefficient (Wildman–Crippen LogP) is 1.01. The van der Waals surface area contributed by atoms with Crippen molar-refractivity contribution in [1.82, 2.24) is 14.7 Å². The van der Waals surface area contributed by atoms with Crippen molar-refractivity contribution >= 4 is 28.4 Å². The molecule has 7 heteroatoms. The minimum Gasteiger partial charge on any atom is -0.506 e. The van der Waals surface area contributed by atoms with E-state index in [0.29, 0.717) is 10.9 Å². The lowest BCUT2D eigenvalue weighted by Crippen LogP contribution is -2.29. The zero-order valence-electron chi connectivity index (χ0n) is 10.8. The van der Waals surface area contributed by atoms with Gasteiger partial charge in [0.25, 0.3) is 5.91 Å². The van der Waals surface area contributed by atoms with Crippen LogP contribution in [0, 0.1) is 0 Å². The monoisotopic (exact) mass is 285 g/mol. The minimum atomic E-state index is -1.16. The van der Waals surface area contributed by atoms with Gasteiger partial charge >= 0.3 is 5.97 Å². The maximum Gasteiger partial charge on any atom is 0.322 e. The number of benzene rings is 1. The number of hydrogen-bond acceptors (Lipinski definition) is 4. The van der Waals surface area contributed by atoms with E-state index in [2.05, 4.69) is 10.3 Å². The first kappa shape index (κ1) is 12.9. The summed E-state index contributed by atoms with van der Waals surface area (Å²) in [6, 6.07) is 7.02. The number of para-hydroxylation sites is 1. The lowest BCUT2D eigenvalue weighted by Gasteiger charge is -2.11. The van der Waals surface area contributed by atoms with Crippen molar-refractivity contribution in [3.05, 3.63) is 42.2 Å². The number of hydrogen-bond donors (Lipinski definition) is 3. The smallest absolute Gasteiger partial charge is 0.322 e. The number of aromatic nitrogens is 2. The van der Waals surface area contributed by atoms with Crippen LogP contribution in [0.2, 0.25) is 0 Å².